The number of benzene rings is 1. The van der Waals surface area contributed by atoms with Crippen LogP contribution in [-0.4, -0.2) is 9.38 Å². The predicted octanol–water partition coefficient (Wildman–Crippen LogP) is 4.67. The van der Waals surface area contributed by atoms with E-state index in [-0.39, 0.29) is 16.5 Å². The van der Waals surface area contributed by atoms with Crippen LogP contribution >= 0.6 is 11.6 Å². The van der Waals surface area contributed by atoms with Gasteiger partial charge in [-0.3, -0.25) is 4.40 Å². The third kappa shape index (κ3) is 2.04. The highest BCUT2D eigenvalue weighted by atomic mass is 35.5. The minimum absolute atomic E-state index is 0.00750. The molecule has 0 spiro atoms. The first-order chi connectivity index (χ1) is 9.48. The highest BCUT2D eigenvalue weighted by Crippen LogP contribution is 2.37. The smallest absolute Gasteiger partial charge is 0.298 e. The largest absolute Gasteiger partial charge is 0.417 e. The zero-order valence-electron chi connectivity index (χ0n) is 10.0. The second-order valence-corrected chi connectivity index (χ2v) is 4.58. The minimum Gasteiger partial charge on any atom is -0.298 e. The number of hydrogen-bond donors (Lipinski definition) is 0. The summed E-state index contributed by atoms with van der Waals surface area (Å²) in [4.78, 5) is 4.06. The highest BCUT2D eigenvalue weighted by molar-refractivity contribution is 6.32. The summed E-state index contributed by atoms with van der Waals surface area (Å²) in [5.41, 5.74) is -0.151. The molecule has 102 valence electrons. The average Bonchev–Trinajstić information content (AvgIpc) is 2.76. The van der Waals surface area contributed by atoms with E-state index in [1.807, 2.05) is 0 Å². The molecular weight excluding hydrogens is 289 g/mol. The fourth-order valence-electron chi connectivity index (χ4n) is 2.12. The van der Waals surface area contributed by atoms with Crippen molar-refractivity contribution in [3.63, 3.8) is 0 Å². The number of rotatable bonds is 1. The maximum atomic E-state index is 13.1. The summed E-state index contributed by atoms with van der Waals surface area (Å²) in [6.07, 6.45) is -2.81. The average molecular weight is 297 g/mol. The molecule has 0 aliphatic heterocycles. The van der Waals surface area contributed by atoms with Gasteiger partial charge in [-0.2, -0.15) is 13.2 Å². The van der Waals surface area contributed by atoms with Gasteiger partial charge in [0.2, 0.25) is 0 Å². The third-order valence-electron chi connectivity index (χ3n) is 2.98. The summed E-state index contributed by atoms with van der Waals surface area (Å²) in [7, 11) is 0. The first-order valence-corrected chi connectivity index (χ1v) is 6.15. The molecule has 0 radical (unpaired) electrons. The van der Waals surface area contributed by atoms with Crippen molar-refractivity contribution in [3.8, 4) is 11.4 Å². The molecule has 0 aliphatic carbocycles. The lowest BCUT2D eigenvalue weighted by Crippen LogP contribution is -2.07. The molecule has 6 heteroatoms. The minimum atomic E-state index is -4.44. The topological polar surface area (TPSA) is 17.3 Å². The van der Waals surface area contributed by atoms with Crippen molar-refractivity contribution in [2.45, 2.75) is 6.18 Å². The van der Waals surface area contributed by atoms with Crippen LogP contribution in [0.4, 0.5) is 13.2 Å². The normalized spacial score (nSPS) is 12.0. The molecule has 0 saturated carbocycles. The Morgan fingerprint density at radius 3 is 2.45 bits per heavy atom. The molecule has 0 amide bonds. The van der Waals surface area contributed by atoms with Gasteiger partial charge in [0, 0.05) is 11.8 Å². The molecule has 3 aromatic rings. The van der Waals surface area contributed by atoms with E-state index < -0.39 is 11.7 Å². The van der Waals surface area contributed by atoms with Gasteiger partial charge in [0.05, 0.1) is 11.1 Å². The van der Waals surface area contributed by atoms with Gasteiger partial charge < -0.3 is 0 Å². The number of alkyl halides is 3. The Bertz CT molecular complexity index is 777. The third-order valence-corrected chi connectivity index (χ3v) is 3.25. The number of pyridine rings is 1. The van der Waals surface area contributed by atoms with Crippen LogP contribution in [0.5, 0.6) is 0 Å². The number of aromatic nitrogens is 2. The van der Waals surface area contributed by atoms with Crippen molar-refractivity contribution in [2.75, 3.05) is 0 Å². The standard InChI is InChI=1S/C14H8ClF3N2/c15-12-11-7-3-4-8-20(11)13(19-12)9-5-1-2-6-10(9)14(16,17)18/h1-8H. The van der Waals surface area contributed by atoms with Gasteiger partial charge in [-0.05, 0) is 18.2 Å². The van der Waals surface area contributed by atoms with Crippen LogP contribution < -0.4 is 0 Å². The molecule has 20 heavy (non-hydrogen) atoms. The van der Waals surface area contributed by atoms with Crippen molar-refractivity contribution in [2.24, 2.45) is 0 Å². The van der Waals surface area contributed by atoms with Crippen molar-refractivity contribution in [1.29, 1.82) is 0 Å². The van der Waals surface area contributed by atoms with Gasteiger partial charge in [0.15, 0.2) is 5.15 Å². The maximum absolute atomic E-state index is 13.1. The summed E-state index contributed by atoms with van der Waals surface area (Å²) in [6, 6.07) is 10.5. The Hall–Kier alpha value is -2.01. The number of nitrogens with zero attached hydrogens (tertiary/aromatic N) is 2. The quantitative estimate of drug-likeness (QED) is 0.637. The fraction of sp³-hybridized carbons (Fsp3) is 0.0714. The van der Waals surface area contributed by atoms with Gasteiger partial charge in [0.25, 0.3) is 0 Å². The molecular formula is C14H8ClF3N2. The van der Waals surface area contributed by atoms with E-state index in [2.05, 4.69) is 4.98 Å². The molecule has 0 unspecified atom stereocenters. The molecule has 3 rings (SSSR count). The summed E-state index contributed by atoms with van der Waals surface area (Å²) < 4.78 is 40.8. The second kappa shape index (κ2) is 4.52. The Morgan fingerprint density at radius 2 is 1.70 bits per heavy atom. The van der Waals surface area contributed by atoms with E-state index in [4.69, 9.17) is 11.6 Å². The second-order valence-electron chi connectivity index (χ2n) is 4.23. The Morgan fingerprint density at radius 1 is 1.00 bits per heavy atom. The van der Waals surface area contributed by atoms with E-state index in [1.165, 1.54) is 12.1 Å². The van der Waals surface area contributed by atoms with Gasteiger partial charge in [-0.15, -0.1) is 0 Å². The monoisotopic (exact) mass is 296 g/mol. The first-order valence-electron chi connectivity index (χ1n) is 5.77. The van der Waals surface area contributed by atoms with Gasteiger partial charge in [-0.1, -0.05) is 35.9 Å². The van der Waals surface area contributed by atoms with Crippen molar-refractivity contribution in [1.82, 2.24) is 9.38 Å². The van der Waals surface area contributed by atoms with Gasteiger partial charge in [0.1, 0.15) is 5.82 Å². The SMILES string of the molecule is FC(F)(F)c1ccccc1-c1nc(Cl)c2ccccn12. The molecule has 0 atom stereocenters. The Labute approximate surface area is 117 Å². The lowest BCUT2D eigenvalue weighted by molar-refractivity contribution is -0.137. The summed E-state index contributed by atoms with van der Waals surface area (Å²) in [5.74, 6) is 0.179. The molecule has 0 N–H and O–H groups in total. The molecule has 2 aromatic heterocycles. The molecule has 2 nitrogen and oxygen atoms in total. The molecule has 1 aromatic carbocycles. The van der Waals surface area contributed by atoms with Crippen molar-refractivity contribution >= 4 is 17.1 Å². The lowest BCUT2D eigenvalue weighted by atomic mass is 10.1. The van der Waals surface area contributed by atoms with E-state index in [0.29, 0.717) is 5.52 Å². The van der Waals surface area contributed by atoms with Crippen molar-refractivity contribution in [3.05, 3.63) is 59.4 Å². The van der Waals surface area contributed by atoms with E-state index in [0.717, 1.165) is 6.07 Å². The number of hydrogen-bond acceptors (Lipinski definition) is 1. The summed E-state index contributed by atoms with van der Waals surface area (Å²) in [6.45, 7) is 0. The number of fused-ring (bicyclic) bond motifs is 1. The van der Waals surface area contributed by atoms with Crippen LogP contribution in [0.25, 0.3) is 16.9 Å². The lowest BCUT2D eigenvalue weighted by Gasteiger charge is -2.11. The highest BCUT2D eigenvalue weighted by Gasteiger charge is 2.34. The zero-order chi connectivity index (χ0) is 14.3. The summed E-state index contributed by atoms with van der Waals surface area (Å²) >= 11 is 5.98. The van der Waals surface area contributed by atoms with Crippen LogP contribution in [0, 0.1) is 0 Å². The zero-order valence-corrected chi connectivity index (χ0v) is 10.8. The van der Waals surface area contributed by atoms with Gasteiger partial charge in [-0.25, -0.2) is 4.98 Å². The van der Waals surface area contributed by atoms with Gasteiger partial charge >= 0.3 is 6.18 Å². The van der Waals surface area contributed by atoms with Crippen LogP contribution in [0.3, 0.4) is 0 Å². The molecule has 0 aliphatic rings. The van der Waals surface area contributed by atoms with E-state index in [1.54, 1.807) is 34.9 Å². The number of halogens is 4. The first kappa shape index (κ1) is 13.0. The summed E-state index contributed by atoms with van der Waals surface area (Å²) in [5, 5.41) is 0.178. The Balaban J connectivity index is 2.33. The van der Waals surface area contributed by atoms with Crippen LogP contribution in [0.1, 0.15) is 5.56 Å². The predicted molar refractivity (Wildman–Crippen MR) is 70.6 cm³/mol. The molecule has 2 heterocycles. The van der Waals surface area contributed by atoms with E-state index in [9.17, 15) is 13.2 Å². The Kier molecular flexibility index (Phi) is 2.94. The number of imidazole rings is 1. The van der Waals surface area contributed by atoms with Crippen LogP contribution in [0.2, 0.25) is 5.15 Å². The molecule has 0 fully saturated rings. The van der Waals surface area contributed by atoms with Crippen molar-refractivity contribution < 1.29 is 13.2 Å². The molecule has 0 saturated heterocycles. The molecule has 0 bridgehead atoms. The maximum Gasteiger partial charge on any atom is 0.417 e. The fourth-order valence-corrected chi connectivity index (χ4v) is 2.35. The van der Waals surface area contributed by atoms with Crippen LogP contribution in [0.15, 0.2) is 48.7 Å². The van der Waals surface area contributed by atoms with E-state index >= 15 is 0 Å². The van der Waals surface area contributed by atoms with Crippen LogP contribution in [-0.2, 0) is 6.18 Å².